The van der Waals surface area contributed by atoms with Crippen molar-refractivity contribution in [3.63, 3.8) is 0 Å². The molecule has 0 saturated heterocycles. The van der Waals surface area contributed by atoms with Crippen molar-refractivity contribution >= 4 is 28.3 Å². The molecule has 8 heteroatoms. The van der Waals surface area contributed by atoms with Gasteiger partial charge in [0.25, 0.3) is 17.4 Å². The molecule has 2 heterocycles. The second-order valence-corrected chi connectivity index (χ2v) is 10.3. The number of amides is 2. The summed E-state index contributed by atoms with van der Waals surface area (Å²) in [6.45, 7) is 2.43. The van der Waals surface area contributed by atoms with Gasteiger partial charge in [-0.25, -0.2) is 4.98 Å². The van der Waals surface area contributed by atoms with E-state index in [1.165, 1.54) is 43.4 Å². The number of carbonyl (C=O) groups excluding carboxylic acids is 2. The molecule has 0 aromatic carbocycles. The molecule has 32 heavy (non-hydrogen) atoms. The van der Waals surface area contributed by atoms with Crippen molar-refractivity contribution in [1.82, 2.24) is 9.55 Å². The number of aromatic nitrogens is 2. The van der Waals surface area contributed by atoms with Crippen LogP contribution in [0, 0.1) is 12.8 Å². The Morgan fingerprint density at radius 1 is 1.12 bits per heavy atom. The smallest absolute Gasteiger partial charge is 0.268 e. The van der Waals surface area contributed by atoms with Gasteiger partial charge in [-0.2, -0.15) is 0 Å². The van der Waals surface area contributed by atoms with E-state index in [1.54, 1.807) is 13.0 Å². The standard InChI is InChI=1S/C24H32N4O3S/c1-15-20(21(25)29)26-24(32-15)27-22(30)18-13-17-11-7-2-3-8-12-19(17)28(23(18)31)14-16-9-5-4-6-10-16/h13,16H,2-12,14H2,1H3,(H2,25,29)(H,26,27,30). The number of nitrogens with two attached hydrogens (primary N) is 1. The lowest BCUT2D eigenvalue weighted by molar-refractivity contribution is 0.0991. The van der Waals surface area contributed by atoms with E-state index in [0.29, 0.717) is 17.3 Å². The first-order valence-electron chi connectivity index (χ1n) is 11.8. The summed E-state index contributed by atoms with van der Waals surface area (Å²) in [5, 5.41) is 3.01. The van der Waals surface area contributed by atoms with Crippen LogP contribution in [-0.4, -0.2) is 21.4 Å². The van der Waals surface area contributed by atoms with Crippen LogP contribution in [0.3, 0.4) is 0 Å². The molecule has 0 bridgehead atoms. The van der Waals surface area contributed by atoms with Crippen LogP contribution in [0.2, 0.25) is 0 Å². The third-order valence-electron chi connectivity index (χ3n) is 6.76. The molecule has 7 nitrogen and oxygen atoms in total. The number of thiazole rings is 1. The average molecular weight is 457 g/mol. The summed E-state index contributed by atoms with van der Waals surface area (Å²) >= 11 is 1.19. The molecular weight excluding hydrogens is 424 g/mol. The van der Waals surface area contributed by atoms with E-state index in [1.807, 2.05) is 4.57 Å². The summed E-state index contributed by atoms with van der Waals surface area (Å²) in [5.41, 5.74) is 7.69. The molecule has 3 N–H and O–H groups in total. The van der Waals surface area contributed by atoms with Crippen LogP contribution >= 0.6 is 11.3 Å². The number of carbonyl (C=O) groups is 2. The summed E-state index contributed by atoms with van der Waals surface area (Å²) in [7, 11) is 0. The minimum absolute atomic E-state index is 0.151. The van der Waals surface area contributed by atoms with Crippen LogP contribution < -0.4 is 16.6 Å². The second-order valence-electron chi connectivity index (χ2n) is 9.11. The predicted octanol–water partition coefficient (Wildman–Crippen LogP) is 4.20. The van der Waals surface area contributed by atoms with Crippen molar-refractivity contribution in [3.05, 3.63) is 43.8 Å². The van der Waals surface area contributed by atoms with E-state index < -0.39 is 11.8 Å². The fourth-order valence-corrected chi connectivity index (χ4v) is 5.87. The van der Waals surface area contributed by atoms with Crippen molar-refractivity contribution in [2.45, 2.75) is 84.1 Å². The van der Waals surface area contributed by atoms with E-state index in [2.05, 4.69) is 10.3 Å². The minimum atomic E-state index is -0.629. The van der Waals surface area contributed by atoms with Gasteiger partial charge in [0, 0.05) is 17.1 Å². The number of nitrogens with zero attached hydrogens (tertiary/aromatic N) is 2. The number of rotatable bonds is 5. The van der Waals surface area contributed by atoms with Crippen LogP contribution in [-0.2, 0) is 19.4 Å². The molecule has 1 fully saturated rings. The lowest BCUT2D eigenvalue weighted by Crippen LogP contribution is -2.35. The van der Waals surface area contributed by atoms with Gasteiger partial charge in [-0.05, 0) is 63.0 Å². The highest BCUT2D eigenvalue weighted by molar-refractivity contribution is 7.16. The number of fused-ring (bicyclic) bond motifs is 1. The second kappa shape index (κ2) is 9.98. The molecule has 2 aliphatic carbocycles. The molecule has 0 atom stereocenters. The summed E-state index contributed by atoms with van der Waals surface area (Å²) < 4.78 is 1.91. The summed E-state index contributed by atoms with van der Waals surface area (Å²) in [4.78, 5) is 42.9. The summed E-state index contributed by atoms with van der Waals surface area (Å²) in [6.07, 6.45) is 12.3. The van der Waals surface area contributed by atoms with E-state index in [4.69, 9.17) is 5.73 Å². The van der Waals surface area contributed by atoms with Crippen molar-refractivity contribution < 1.29 is 9.59 Å². The van der Waals surface area contributed by atoms with Gasteiger partial charge in [-0.15, -0.1) is 11.3 Å². The Bertz CT molecular complexity index is 1070. The number of hydrogen-bond donors (Lipinski definition) is 2. The number of nitrogens with one attached hydrogen (secondary N) is 1. The molecule has 0 unspecified atom stereocenters. The molecule has 0 aliphatic heterocycles. The maximum absolute atomic E-state index is 13.5. The first-order chi connectivity index (χ1) is 15.4. The Balaban J connectivity index is 1.69. The number of anilines is 1. The first-order valence-corrected chi connectivity index (χ1v) is 12.6. The maximum Gasteiger partial charge on any atom is 0.268 e. The zero-order chi connectivity index (χ0) is 22.7. The van der Waals surface area contributed by atoms with Crippen molar-refractivity contribution in [2.24, 2.45) is 11.7 Å². The lowest BCUT2D eigenvalue weighted by Gasteiger charge is -2.26. The molecule has 2 aromatic rings. The Morgan fingerprint density at radius 2 is 1.81 bits per heavy atom. The number of hydrogen-bond acceptors (Lipinski definition) is 5. The molecule has 172 valence electrons. The van der Waals surface area contributed by atoms with E-state index >= 15 is 0 Å². The molecule has 1 saturated carbocycles. The molecule has 2 aromatic heterocycles. The van der Waals surface area contributed by atoms with Gasteiger partial charge in [0.05, 0.1) is 0 Å². The third kappa shape index (κ3) is 4.95. The third-order valence-corrected chi connectivity index (χ3v) is 7.65. The van der Waals surface area contributed by atoms with Gasteiger partial charge in [-0.3, -0.25) is 19.7 Å². The molecular formula is C24H32N4O3S. The van der Waals surface area contributed by atoms with Gasteiger partial charge in [0.1, 0.15) is 11.3 Å². The summed E-state index contributed by atoms with van der Waals surface area (Å²) in [6, 6.07) is 1.80. The largest absolute Gasteiger partial charge is 0.364 e. The zero-order valence-corrected chi connectivity index (χ0v) is 19.6. The Hall–Kier alpha value is -2.48. The molecule has 0 radical (unpaired) electrons. The monoisotopic (exact) mass is 456 g/mol. The normalized spacial score (nSPS) is 17.3. The number of primary amides is 1. The maximum atomic E-state index is 13.5. The molecule has 0 spiro atoms. The fourth-order valence-electron chi connectivity index (χ4n) is 5.06. The van der Waals surface area contributed by atoms with Crippen LogP contribution in [0.15, 0.2) is 10.9 Å². The fraction of sp³-hybridized carbons (Fsp3) is 0.583. The zero-order valence-electron chi connectivity index (χ0n) is 18.7. The highest BCUT2D eigenvalue weighted by Crippen LogP contribution is 2.27. The highest BCUT2D eigenvalue weighted by Gasteiger charge is 2.24. The van der Waals surface area contributed by atoms with Crippen LogP contribution in [0.1, 0.15) is 94.8 Å². The Morgan fingerprint density at radius 3 is 2.50 bits per heavy atom. The van der Waals surface area contributed by atoms with Crippen molar-refractivity contribution in [3.8, 4) is 0 Å². The average Bonchev–Trinajstić information content (AvgIpc) is 3.12. The lowest BCUT2D eigenvalue weighted by atomic mass is 9.88. The number of pyridine rings is 1. The van der Waals surface area contributed by atoms with Gasteiger partial charge >= 0.3 is 0 Å². The van der Waals surface area contributed by atoms with Crippen LogP contribution in [0.4, 0.5) is 5.13 Å². The minimum Gasteiger partial charge on any atom is -0.364 e. The first kappa shape index (κ1) is 22.7. The van der Waals surface area contributed by atoms with Gasteiger partial charge in [0.15, 0.2) is 5.13 Å². The van der Waals surface area contributed by atoms with E-state index in [0.717, 1.165) is 49.8 Å². The topological polar surface area (TPSA) is 107 Å². The molecule has 2 amide bonds. The predicted molar refractivity (Wildman–Crippen MR) is 126 cm³/mol. The summed E-state index contributed by atoms with van der Waals surface area (Å²) in [5.74, 6) is -0.605. The highest BCUT2D eigenvalue weighted by atomic mass is 32.1. The Kier molecular flexibility index (Phi) is 7.08. The SMILES string of the molecule is Cc1sc(NC(=O)c2cc3c(n(CC4CCCCC4)c2=O)CCCCCC3)nc1C(N)=O. The van der Waals surface area contributed by atoms with Gasteiger partial charge in [-0.1, -0.05) is 32.1 Å². The van der Waals surface area contributed by atoms with Crippen LogP contribution in [0.25, 0.3) is 0 Å². The quantitative estimate of drug-likeness (QED) is 0.703. The molecule has 2 aliphatic rings. The van der Waals surface area contributed by atoms with Crippen molar-refractivity contribution in [2.75, 3.05) is 5.32 Å². The van der Waals surface area contributed by atoms with Crippen LogP contribution in [0.5, 0.6) is 0 Å². The van der Waals surface area contributed by atoms with E-state index in [-0.39, 0.29) is 21.9 Å². The van der Waals surface area contributed by atoms with E-state index in [9.17, 15) is 14.4 Å². The Labute approximate surface area is 192 Å². The molecule has 4 rings (SSSR count). The van der Waals surface area contributed by atoms with Gasteiger partial charge in [0.2, 0.25) is 0 Å². The van der Waals surface area contributed by atoms with Gasteiger partial charge < -0.3 is 10.3 Å². The number of aryl methyl sites for hydroxylation is 2. The van der Waals surface area contributed by atoms with Crippen molar-refractivity contribution in [1.29, 1.82) is 0 Å².